The van der Waals surface area contributed by atoms with E-state index in [1.165, 1.54) is 0 Å². The summed E-state index contributed by atoms with van der Waals surface area (Å²) in [5.41, 5.74) is 2.02. The lowest BCUT2D eigenvalue weighted by atomic mass is 10.2. The Bertz CT molecular complexity index is 905. The highest BCUT2D eigenvalue weighted by molar-refractivity contribution is 6.28. The van der Waals surface area contributed by atoms with Gasteiger partial charge in [-0.15, -0.1) is 0 Å². The Morgan fingerprint density at radius 1 is 1.21 bits per heavy atom. The number of hydrogen-bond acceptors (Lipinski definition) is 7. The monoisotopic (exact) mass is 344 g/mol. The van der Waals surface area contributed by atoms with Crippen LogP contribution in [0.2, 0.25) is 5.28 Å². The van der Waals surface area contributed by atoms with Crippen molar-refractivity contribution in [2.24, 2.45) is 0 Å². The summed E-state index contributed by atoms with van der Waals surface area (Å²) in [5, 5.41) is 0.163. The SMILES string of the molecule is O=Cc1ccc(-c2cnc3c(N4CCOCC4)nc(Cl)nc3c2)o1. The van der Waals surface area contributed by atoms with Crippen LogP contribution in [0.5, 0.6) is 0 Å². The number of carbonyl (C=O) groups excluding carboxylic acids is 1. The van der Waals surface area contributed by atoms with E-state index in [1.807, 2.05) is 6.07 Å². The van der Waals surface area contributed by atoms with E-state index in [1.54, 1.807) is 18.3 Å². The van der Waals surface area contributed by atoms with Crippen LogP contribution >= 0.6 is 11.6 Å². The average molecular weight is 345 g/mol. The third-order valence-electron chi connectivity index (χ3n) is 3.83. The normalized spacial score (nSPS) is 15.0. The highest BCUT2D eigenvalue weighted by Crippen LogP contribution is 2.28. The number of rotatable bonds is 3. The maximum atomic E-state index is 10.8. The summed E-state index contributed by atoms with van der Waals surface area (Å²) in [4.78, 5) is 26.0. The minimum absolute atomic E-state index is 0.163. The van der Waals surface area contributed by atoms with Gasteiger partial charge in [0.1, 0.15) is 11.3 Å². The summed E-state index contributed by atoms with van der Waals surface area (Å²) < 4.78 is 10.8. The molecule has 1 fully saturated rings. The van der Waals surface area contributed by atoms with Gasteiger partial charge in [-0.3, -0.25) is 4.79 Å². The number of pyridine rings is 1. The van der Waals surface area contributed by atoms with E-state index in [9.17, 15) is 4.79 Å². The van der Waals surface area contributed by atoms with E-state index in [-0.39, 0.29) is 11.0 Å². The van der Waals surface area contributed by atoms with Crippen LogP contribution in [0.1, 0.15) is 10.6 Å². The van der Waals surface area contributed by atoms with Gasteiger partial charge in [-0.05, 0) is 29.8 Å². The molecule has 24 heavy (non-hydrogen) atoms. The van der Waals surface area contributed by atoms with Crippen LogP contribution < -0.4 is 4.90 Å². The summed E-state index contributed by atoms with van der Waals surface area (Å²) in [6.07, 6.45) is 2.34. The molecule has 0 unspecified atom stereocenters. The van der Waals surface area contributed by atoms with Crippen molar-refractivity contribution in [1.29, 1.82) is 0 Å². The molecule has 4 rings (SSSR count). The second kappa shape index (κ2) is 6.18. The van der Waals surface area contributed by atoms with Crippen LogP contribution in [0.25, 0.3) is 22.4 Å². The molecule has 0 atom stereocenters. The molecule has 1 aliphatic heterocycles. The minimum atomic E-state index is 0.163. The Morgan fingerprint density at radius 3 is 2.79 bits per heavy atom. The zero-order valence-corrected chi connectivity index (χ0v) is 13.4. The summed E-state index contributed by atoms with van der Waals surface area (Å²) in [5.74, 6) is 1.52. The van der Waals surface area contributed by atoms with Gasteiger partial charge < -0.3 is 14.1 Å². The molecule has 7 nitrogen and oxygen atoms in total. The van der Waals surface area contributed by atoms with E-state index in [4.69, 9.17) is 20.8 Å². The number of aldehydes is 1. The van der Waals surface area contributed by atoms with Gasteiger partial charge in [-0.2, -0.15) is 4.98 Å². The number of fused-ring (bicyclic) bond motifs is 1. The van der Waals surface area contributed by atoms with Crippen LogP contribution in [0.3, 0.4) is 0 Å². The molecule has 0 saturated carbocycles. The second-order valence-electron chi connectivity index (χ2n) is 5.33. The molecule has 0 amide bonds. The first kappa shape index (κ1) is 15.0. The number of anilines is 1. The van der Waals surface area contributed by atoms with Crippen molar-refractivity contribution in [3.8, 4) is 11.3 Å². The fourth-order valence-electron chi connectivity index (χ4n) is 2.68. The first-order valence-electron chi connectivity index (χ1n) is 7.46. The van der Waals surface area contributed by atoms with Crippen molar-refractivity contribution in [1.82, 2.24) is 15.0 Å². The van der Waals surface area contributed by atoms with Crippen LogP contribution in [0.15, 0.2) is 28.8 Å². The van der Waals surface area contributed by atoms with E-state index in [0.29, 0.717) is 42.1 Å². The zero-order chi connectivity index (χ0) is 16.5. The number of halogens is 1. The molecule has 3 aromatic rings. The van der Waals surface area contributed by atoms with Gasteiger partial charge in [0, 0.05) is 24.8 Å². The minimum Gasteiger partial charge on any atom is -0.453 e. The van der Waals surface area contributed by atoms with Crippen LogP contribution in [0.4, 0.5) is 5.82 Å². The molecule has 0 bridgehead atoms. The van der Waals surface area contributed by atoms with Crippen molar-refractivity contribution < 1.29 is 13.9 Å². The van der Waals surface area contributed by atoms with Crippen LogP contribution in [-0.4, -0.2) is 47.5 Å². The summed E-state index contributed by atoms with van der Waals surface area (Å²) in [6, 6.07) is 5.16. The topological polar surface area (TPSA) is 81.4 Å². The summed E-state index contributed by atoms with van der Waals surface area (Å²) >= 11 is 6.09. The van der Waals surface area contributed by atoms with Crippen LogP contribution in [0, 0.1) is 0 Å². The fraction of sp³-hybridized carbons (Fsp3) is 0.250. The lowest BCUT2D eigenvalue weighted by Crippen LogP contribution is -2.37. The number of ether oxygens (including phenoxy) is 1. The predicted octanol–water partition coefficient (Wildman–Crippen LogP) is 2.59. The fourth-order valence-corrected chi connectivity index (χ4v) is 2.85. The predicted molar refractivity (Wildman–Crippen MR) is 88.5 cm³/mol. The number of nitrogens with zero attached hydrogens (tertiary/aromatic N) is 4. The number of aromatic nitrogens is 3. The largest absolute Gasteiger partial charge is 0.453 e. The highest BCUT2D eigenvalue weighted by atomic mass is 35.5. The standard InChI is InChI=1S/C16H13ClN4O3/c17-16-19-12-7-10(13-2-1-11(9-22)24-13)8-18-14(12)15(20-16)21-3-5-23-6-4-21/h1-2,7-9H,3-6H2. The number of hydrogen-bond donors (Lipinski definition) is 0. The molecule has 0 radical (unpaired) electrons. The van der Waals surface area contributed by atoms with Gasteiger partial charge in [0.25, 0.3) is 0 Å². The third-order valence-corrected chi connectivity index (χ3v) is 4.00. The third kappa shape index (κ3) is 2.72. The van der Waals surface area contributed by atoms with E-state index < -0.39 is 0 Å². The van der Waals surface area contributed by atoms with E-state index in [0.717, 1.165) is 18.7 Å². The number of furan rings is 1. The summed E-state index contributed by atoms with van der Waals surface area (Å²) in [6.45, 7) is 2.74. The van der Waals surface area contributed by atoms with Gasteiger partial charge in [0.2, 0.25) is 5.28 Å². The number of morpholine rings is 1. The van der Waals surface area contributed by atoms with Crippen molar-refractivity contribution in [2.75, 3.05) is 31.2 Å². The van der Waals surface area contributed by atoms with Crippen molar-refractivity contribution >= 4 is 34.7 Å². The Balaban J connectivity index is 1.80. The van der Waals surface area contributed by atoms with Crippen LogP contribution in [-0.2, 0) is 4.74 Å². The first-order valence-corrected chi connectivity index (χ1v) is 7.84. The van der Waals surface area contributed by atoms with Gasteiger partial charge in [-0.1, -0.05) is 0 Å². The lowest BCUT2D eigenvalue weighted by molar-refractivity contribution is 0.110. The summed E-state index contributed by atoms with van der Waals surface area (Å²) in [7, 11) is 0. The molecule has 8 heteroatoms. The Kier molecular flexibility index (Phi) is 3.87. The smallest absolute Gasteiger partial charge is 0.225 e. The molecule has 122 valence electrons. The second-order valence-corrected chi connectivity index (χ2v) is 5.67. The number of carbonyl (C=O) groups is 1. The van der Waals surface area contributed by atoms with Crippen molar-refractivity contribution in [2.45, 2.75) is 0 Å². The van der Waals surface area contributed by atoms with Gasteiger partial charge in [0.05, 0.1) is 18.7 Å². The first-order chi connectivity index (χ1) is 11.7. The molecule has 0 N–H and O–H groups in total. The lowest BCUT2D eigenvalue weighted by Gasteiger charge is -2.28. The average Bonchev–Trinajstić information content (AvgIpc) is 3.10. The van der Waals surface area contributed by atoms with Gasteiger partial charge in [0.15, 0.2) is 17.9 Å². The molecule has 0 aromatic carbocycles. The Hall–Kier alpha value is -2.51. The molecule has 1 aliphatic rings. The molecule has 3 aromatic heterocycles. The van der Waals surface area contributed by atoms with E-state index in [2.05, 4.69) is 19.9 Å². The molecule has 1 saturated heterocycles. The van der Waals surface area contributed by atoms with Gasteiger partial charge >= 0.3 is 0 Å². The Morgan fingerprint density at radius 2 is 2.04 bits per heavy atom. The van der Waals surface area contributed by atoms with Crippen molar-refractivity contribution in [3.05, 3.63) is 35.4 Å². The molecular formula is C16H13ClN4O3. The van der Waals surface area contributed by atoms with Gasteiger partial charge in [-0.25, -0.2) is 9.97 Å². The Labute approximate surface area is 142 Å². The van der Waals surface area contributed by atoms with Crippen molar-refractivity contribution in [3.63, 3.8) is 0 Å². The highest BCUT2D eigenvalue weighted by Gasteiger charge is 2.18. The van der Waals surface area contributed by atoms with E-state index >= 15 is 0 Å². The maximum absolute atomic E-state index is 10.8. The molecule has 0 aliphatic carbocycles. The maximum Gasteiger partial charge on any atom is 0.225 e. The molecule has 0 spiro atoms. The molecule has 4 heterocycles. The quantitative estimate of drug-likeness (QED) is 0.533. The molecular weight excluding hydrogens is 332 g/mol. The zero-order valence-electron chi connectivity index (χ0n) is 12.6.